The largest absolute Gasteiger partial charge is 0.321 e. The van der Waals surface area contributed by atoms with Crippen LogP contribution < -0.4 is 5.32 Å². The summed E-state index contributed by atoms with van der Waals surface area (Å²) in [5, 5.41) is 18.8. The molecular weight excluding hydrogens is 286 g/mol. The quantitative estimate of drug-likeness (QED) is 0.502. The second kappa shape index (κ2) is 4.36. The lowest BCUT2D eigenvalue weighted by atomic mass is 9.83. The van der Waals surface area contributed by atoms with Crippen LogP contribution in [0.2, 0.25) is 5.02 Å². The van der Waals surface area contributed by atoms with Crippen molar-refractivity contribution < 1.29 is 0 Å². The number of fused-ring (bicyclic) bond motifs is 2. The first-order valence-corrected chi connectivity index (χ1v) is 7.15. The van der Waals surface area contributed by atoms with E-state index in [9.17, 15) is 0 Å². The lowest BCUT2D eigenvalue weighted by Crippen LogP contribution is -2.14. The van der Waals surface area contributed by atoms with Crippen LogP contribution in [0.4, 0.5) is 11.6 Å². The lowest BCUT2D eigenvalue weighted by Gasteiger charge is -2.24. The Morgan fingerprint density at radius 1 is 0.905 bits per heavy atom. The average Bonchev–Trinajstić information content (AvgIpc) is 3.03. The number of hydrogen-bond acceptors (Lipinski definition) is 3. The van der Waals surface area contributed by atoms with Gasteiger partial charge in [0.1, 0.15) is 0 Å². The van der Waals surface area contributed by atoms with E-state index in [4.69, 9.17) is 11.6 Å². The van der Waals surface area contributed by atoms with Crippen LogP contribution in [0.25, 0.3) is 0 Å². The van der Waals surface area contributed by atoms with E-state index < -0.39 is 0 Å². The molecule has 0 radical (unpaired) electrons. The van der Waals surface area contributed by atoms with Crippen molar-refractivity contribution in [3.8, 4) is 0 Å². The molecule has 0 fully saturated rings. The van der Waals surface area contributed by atoms with E-state index in [0.717, 1.165) is 39.2 Å². The Bertz CT molecular complexity index is 769. The summed E-state index contributed by atoms with van der Waals surface area (Å²) in [4.78, 5) is 0. The molecule has 1 aromatic carbocycles. The van der Waals surface area contributed by atoms with Crippen LogP contribution in [-0.2, 0) is 0 Å². The van der Waals surface area contributed by atoms with Crippen molar-refractivity contribution in [2.75, 3.05) is 5.32 Å². The van der Waals surface area contributed by atoms with Crippen LogP contribution in [0.15, 0.2) is 24.3 Å². The zero-order valence-corrected chi connectivity index (χ0v) is 12.4. The third kappa shape index (κ3) is 1.77. The van der Waals surface area contributed by atoms with Gasteiger partial charge in [-0.05, 0) is 31.5 Å². The number of hydrogen-bond donors (Lipinski definition) is 3. The topological polar surface area (TPSA) is 69.4 Å². The summed E-state index contributed by atoms with van der Waals surface area (Å²) in [5.41, 5.74) is 5.62. The maximum absolute atomic E-state index is 6.02. The Balaban J connectivity index is 1.98. The van der Waals surface area contributed by atoms with Gasteiger partial charge in [0.25, 0.3) is 0 Å². The van der Waals surface area contributed by atoms with Crippen LogP contribution in [0.5, 0.6) is 0 Å². The van der Waals surface area contributed by atoms with E-state index in [1.54, 1.807) is 0 Å². The normalized spacial score (nSPS) is 13.7. The standard InChI is InChI=1S/C15H14ClN5/c1-7-11-13(9-3-5-10(16)6-4-9)12-8(2)19-21-15(12)17-14(11)20-18-7/h3-6,13H,1-2H3,(H3,17,18,19,20,21). The van der Waals surface area contributed by atoms with Gasteiger partial charge >= 0.3 is 0 Å². The molecule has 3 N–H and O–H groups in total. The maximum Gasteiger partial charge on any atom is 0.157 e. The number of benzene rings is 1. The Hall–Kier alpha value is -2.27. The first kappa shape index (κ1) is 12.5. The third-order valence-corrected chi connectivity index (χ3v) is 4.26. The molecule has 6 heteroatoms. The van der Waals surface area contributed by atoms with E-state index in [0.29, 0.717) is 0 Å². The summed E-state index contributed by atoms with van der Waals surface area (Å²) in [7, 11) is 0. The lowest BCUT2D eigenvalue weighted by molar-refractivity contribution is 0.940. The molecule has 5 nitrogen and oxygen atoms in total. The highest BCUT2D eigenvalue weighted by molar-refractivity contribution is 6.30. The number of H-pyrrole nitrogens is 2. The number of aryl methyl sites for hydroxylation is 2. The van der Waals surface area contributed by atoms with Crippen molar-refractivity contribution in [3.05, 3.63) is 57.4 Å². The van der Waals surface area contributed by atoms with Gasteiger partial charge in [0.15, 0.2) is 11.6 Å². The number of rotatable bonds is 1. The van der Waals surface area contributed by atoms with Crippen molar-refractivity contribution in [3.63, 3.8) is 0 Å². The molecule has 0 aliphatic carbocycles. The molecule has 2 aromatic heterocycles. The molecule has 0 unspecified atom stereocenters. The molecule has 0 spiro atoms. The van der Waals surface area contributed by atoms with E-state index >= 15 is 0 Å². The minimum absolute atomic E-state index is 0.103. The van der Waals surface area contributed by atoms with Gasteiger partial charge in [-0.25, -0.2) is 0 Å². The van der Waals surface area contributed by atoms with Gasteiger partial charge in [0.05, 0.1) is 0 Å². The summed E-state index contributed by atoms with van der Waals surface area (Å²) < 4.78 is 0. The molecular formula is C15H14ClN5. The molecule has 106 valence electrons. The SMILES string of the molecule is Cc1[nH]nc2c1C(c1ccc(Cl)cc1)c1c(n[nH]c1C)N2. The molecule has 0 bridgehead atoms. The minimum Gasteiger partial charge on any atom is -0.321 e. The number of aromatic nitrogens is 4. The van der Waals surface area contributed by atoms with E-state index in [1.807, 2.05) is 26.0 Å². The van der Waals surface area contributed by atoms with Gasteiger partial charge in [-0.2, -0.15) is 10.2 Å². The predicted octanol–water partition coefficient (Wildman–Crippen LogP) is 3.64. The molecule has 0 atom stereocenters. The number of nitrogens with zero attached hydrogens (tertiary/aromatic N) is 2. The fourth-order valence-corrected chi connectivity index (χ4v) is 3.14. The summed E-state index contributed by atoms with van der Waals surface area (Å²) in [5.74, 6) is 1.78. The van der Waals surface area contributed by atoms with Crippen molar-refractivity contribution in [1.29, 1.82) is 0 Å². The highest BCUT2D eigenvalue weighted by Gasteiger charge is 2.33. The highest BCUT2D eigenvalue weighted by atomic mass is 35.5. The monoisotopic (exact) mass is 299 g/mol. The van der Waals surface area contributed by atoms with Gasteiger partial charge in [0.2, 0.25) is 0 Å². The summed E-state index contributed by atoms with van der Waals surface area (Å²) in [6.45, 7) is 4.08. The van der Waals surface area contributed by atoms with E-state index in [2.05, 4.69) is 37.8 Å². The molecule has 0 saturated heterocycles. The van der Waals surface area contributed by atoms with Crippen LogP contribution in [0, 0.1) is 13.8 Å². The van der Waals surface area contributed by atoms with Crippen LogP contribution >= 0.6 is 11.6 Å². The van der Waals surface area contributed by atoms with Gasteiger partial charge in [-0.3, -0.25) is 10.2 Å². The Morgan fingerprint density at radius 3 is 1.95 bits per heavy atom. The summed E-state index contributed by atoms with van der Waals surface area (Å²) in [6, 6.07) is 7.96. The van der Waals surface area contributed by atoms with Crippen molar-refractivity contribution in [2.45, 2.75) is 19.8 Å². The second-order valence-electron chi connectivity index (χ2n) is 5.33. The van der Waals surface area contributed by atoms with Gasteiger partial charge in [0, 0.05) is 33.5 Å². The van der Waals surface area contributed by atoms with Crippen LogP contribution in [-0.4, -0.2) is 20.4 Å². The first-order chi connectivity index (χ1) is 10.1. The number of aromatic amines is 2. The Kier molecular flexibility index (Phi) is 2.59. The fourth-order valence-electron chi connectivity index (χ4n) is 3.02. The molecule has 0 saturated carbocycles. The maximum atomic E-state index is 6.02. The van der Waals surface area contributed by atoms with Crippen LogP contribution in [0.1, 0.15) is 34.0 Å². The van der Waals surface area contributed by atoms with Gasteiger partial charge in [-0.15, -0.1) is 0 Å². The summed E-state index contributed by atoms with van der Waals surface area (Å²) >= 11 is 6.02. The van der Waals surface area contributed by atoms with Crippen molar-refractivity contribution >= 4 is 23.2 Å². The molecule has 1 aliphatic heterocycles. The second-order valence-corrected chi connectivity index (χ2v) is 5.77. The van der Waals surface area contributed by atoms with Gasteiger partial charge < -0.3 is 5.32 Å². The van der Waals surface area contributed by atoms with Gasteiger partial charge in [-0.1, -0.05) is 23.7 Å². The van der Waals surface area contributed by atoms with Crippen molar-refractivity contribution in [1.82, 2.24) is 20.4 Å². The predicted molar refractivity (Wildman–Crippen MR) is 82.3 cm³/mol. The molecule has 1 aliphatic rings. The smallest absolute Gasteiger partial charge is 0.157 e. The minimum atomic E-state index is 0.103. The van der Waals surface area contributed by atoms with E-state index in [-0.39, 0.29) is 5.92 Å². The molecule has 4 rings (SSSR count). The Morgan fingerprint density at radius 2 is 1.43 bits per heavy atom. The number of halogens is 1. The van der Waals surface area contributed by atoms with Crippen molar-refractivity contribution in [2.24, 2.45) is 0 Å². The molecule has 3 heterocycles. The molecule has 3 aromatic rings. The zero-order chi connectivity index (χ0) is 14.6. The summed E-state index contributed by atoms with van der Waals surface area (Å²) in [6.07, 6.45) is 0. The fraction of sp³-hybridized carbons (Fsp3) is 0.200. The highest BCUT2D eigenvalue weighted by Crippen LogP contribution is 2.45. The molecule has 21 heavy (non-hydrogen) atoms. The Labute approximate surface area is 126 Å². The third-order valence-electron chi connectivity index (χ3n) is 4.01. The van der Waals surface area contributed by atoms with Crippen LogP contribution in [0.3, 0.4) is 0 Å². The average molecular weight is 300 g/mol. The number of anilines is 2. The first-order valence-electron chi connectivity index (χ1n) is 6.77. The molecule has 0 amide bonds. The zero-order valence-electron chi connectivity index (χ0n) is 11.7. The van der Waals surface area contributed by atoms with E-state index in [1.165, 1.54) is 5.56 Å². The number of nitrogens with one attached hydrogen (secondary N) is 3.